The monoisotopic (exact) mass is 250 g/mol. The Hall–Kier alpha value is -2.04. The van der Waals surface area contributed by atoms with Crippen LogP contribution in [0.5, 0.6) is 0 Å². The van der Waals surface area contributed by atoms with Crippen LogP contribution in [0, 0.1) is 5.92 Å². The van der Waals surface area contributed by atoms with Gasteiger partial charge < -0.3 is 14.9 Å². The summed E-state index contributed by atoms with van der Waals surface area (Å²) in [6.45, 7) is 5.29. The summed E-state index contributed by atoms with van der Waals surface area (Å²) in [6, 6.07) is 0. The third kappa shape index (κ3) is 1.54. The Morgan fingerprint density at radius 2 is 1.83 bits per heavy atom. The van der Waals surface area contributed by atoms with Crippen LogP contribution in [0.2, 0.25) is 0 Å². The van der Waals surface area contributed by atoms with Gasteiger partial charge in [0.15, 0.2) is 11.4 Å². The third-order valence-corrected chi connectivity index (χ3v) is 3.52. The molecule has 0 spiro atoms. The van der Waals surface area contributed by atoms with Gasteiger partial charge in [-0.05, 0) is 19.4 Å². The van der Waals surface area contributed by atoms with E-state index in [9.17, 15) is 9.59 Å². The summed E-state index contributed by atoms with van der Waals surface area (Å²) < 4.78 is 5.33. The molecule has 1 aliphatic heterocycles. The number of fused-ring (bicyclic) bond motifs is 1. The summed E-state index contributed by atoms with van der Waals surface area (Å²) in [4.78, 5) is 24.0. The number of ketones is 2. The zero-order chi connectivity index (χ0) is 13.6. The number of aliphatic hydroxyl groups excluding tert-OH is 1. The first-order chi connectivity index (χ1) is 8.36. The molecule has 2 aliphatic rings. The van der Waals surface area contributed by atoms with Crippen LogP contribution in [-0.2, 0) is 14.3 Å². The lowest BCUT2D eigenvalue weighted by Crippen LogP contribution is -2.34. The normalized spacial score (nSPS) is 27.7. The van der Waals surface area contributed by atoms with E-state index in [1.807, 2.05) is 13.8 Å². The van der Waals surface area contributed by atoms with Gasteiger partial charge >= 0.3 is 0 Å². The molecule has 1 aliphatic carbocycles. The van der Waals surface area contributed by atoms with Gasteiger partial charge in [0, 0.05) is 11.5 Å². The fraction of sp³-hybridized carbons (Fsp3) is 0.385. The zero-order valence-corrected chi connectivity index (χ0v) is 10.4. The molecule has 0 radical (unpaired) electrons. The van der Waals surface area contributed by atoms with E-state index in [4.69, 9.17) is 14.9 Å². The maximum Gasteiger partial charge on any atom is 0.289 e. The lowest BCUT2D eigenvalue weighted by Gasteiger charge is -2.32. The van der Waals surface area contributed by atoms with Gasteiger partial charge in [-0.25, -0.2) is 0 Å². The highest BCUT2D eigenvalue weighted by atomic mass is 16.5. The van der Waals surface area contributed by atoms with Gasteiger partial charge in [-0.3, -0.25) is 9.59 Å². The smallest absolute Gasteiger partial charge is 0.289 e. The van der Waals surface area contributed by atoms with Gasteiger partial charge in [-0.15, -0.1) is 0 Å². The number of aliphatic hydroxyl groups is 2. The number of hydrogen-bond donors (Lipinski definition) is 2. The molecule has 0 aromatic rings. The van der Waals surface area contributed by atoms with Crippen LogP contribution in [0.15, 0.2) is 34.5 Å². The molecule has 0 fully saturated rings. The molecule has 2 N–H and O–H groups in total. The summed E-state index contributed by atoms with van der Waals surface area (Å²) in [5.74, 6) is -2.66. The van der Waals surface area contributed by atoms with Crippen LogP contribution >= 0.6 is 0 Å². The topological polar surface area (TPSA) is 83.8 Å². The van der Waals surface area contributed by atoms with Gasteiger partial charge in [0.2, 0.25) is 5.78 Å². The van der Waals surface area contributed by atoms with Crippen LogP contribution in [0.4, 0.5) is 0 Å². The first kappa shape index (κ1) is 12.4. The average molecular weight is 250 g/mol. The second-order valence-electron chi connectivity index (χ2n) is 4.56. The van der Waals surface area contributed by atoms with Gasteiger partial charge in [-0.1, -0.05) is 6.92 Å². The van der Waals surface area contributed by atoms with E-state index >= 15 is 0 Å². The molecular weight excluding hydrogens is 236 g/mol. The Kier molecular flexibility index (Phi) is 2.77. The Morgan fingerprint density at radius 1 is 1.22 bits per heavy atom. The number of carbonyl (C=O) groups is 2. The van der Waals surface area contributed by atoms with Crippen molar-refractivity contribution < 1.29 is 24.5 Å². The van der Waals surface area contributed by atoms with Crippen LogP contribution in [0.1, 0.15) is 20.8 Å². The van der Waals surface area contributed by atoms with Gasteiger partial charge in [0.1, 0.15) is 6.10 Å². The number of ether oxygens (including phenoxy) is 1. The first-order valence-electron chi connectivity index (χ1n) is 5.64. The summed E-state index contributed by atoms with van der Waals surface area (Å²) >= 11 is 0. The molecule has 0 amide bonds. The lowest BCUT2D eigenvalue weighted by atomic mass is 9.76. The van der Waals surface area contributed by atoms with Gasteiger partial charge in [0.05, 0.1) is 11.8 Å². The standard InChI is InChI=1S/C13H14O5/c1-5-7(3)18-4-8-9(5)6(2)11(14)10(12(8)15)13(16)17/h4-5,7,16-17H,1-3H3/t5-,7-/m1/s1. The Morgan fingerprint density at radius 3 is 2.39 bits per heavy atom. The molecule has 0 aromatic heterocycles. The molecule has 0 bridgehead atoms. The highest BCUT2D eigenvalue weighted by molar-refractivity contribution is 6.35. The summed E-state index contributed by atoms with van der Waals surface area (Å²) in [6.07, 6.45) is 1.16. The zero-order valence-electron chi connectivity index (χ0n) is 10.4. The van der Waals surface area contributed by atoms with E-state index in [-0.39, 0.29) is 17.6 Å². The lowest BCUT2D eigenvalue weighted by molar-refractivity contribution is -0.119. The Balaban J connectivity index is 2.69. The fourth-order valence-electron chi connectivity index (χ4n) is 2.31. The second kappa shape index (κ2) is 4.01. The third-order valence-electron chi connectivity index (χ3n) is 3.52. The van der Waals surface area contributed by atoms with E-state index in [0.717, 1.165) is 0 Å². The quantitative estimate of drug-likeness (QED) is 0.388. The second-order valence-corrected chi connectivity index (χ2v) is 4.56. The van der Waals surface area contributed by atoms with Crippen LogP contribution in [-0.4, -0.2) is 27.9 Å². The Bertz CT molecular complexity index is 510. The Labute approximate surface area is 104 Å². The number of rotatable bonds is 0. The van der Waals surface area contributed by atoms with Crippen molar-refractivity contribution >= 4 is 11.6 Å². The predicted octanol–water partition coefficient (Wildman–Crippen LogP) is 1.72. The molecular formula is C13H14O5. The van der Waals surface area contributed by atoms with Crippen LogP contribution < -0.4 is 0 Å². The molecule has 0 aromatic carbocycles. The maximum absolute atomic E-state index is 12.0. The molecule has 5 heteroatoms. The van der Waals surface area contributed by atoms with E-state index in [1.165, 1.54) is 6.26 Å². The highest BCUT2D eigenvalue weighted by Crippen LogP contribution is 2.38. The van der Waals surface area contributed by atoms with Crippen molar-refractivity contribution in [2.45, 2.75) is 26.9 Å². The minimum atomic E-state index is -1.24. The van der Waals surface area contributed by atoms with E-state index in [0.29, 0.717) is 11.1 Å². The van der Waals surface area contributed by atoms with Crippen molar-refractivity contribution in [3.8, 4) is 0 Å². The molecule has 2 atom stereocenters. The van der Waals surface area contributed by atoms with Crippen molar-refractivity contribution in [3.05, 3.63) is 34.5 Å². The molecule has 96 valence electrons. The van der Waals surface area contributed by atoms with E-state index in [2.05, 4.69) is 0 Å². The van der Waals surface area contributed by atoms with Crippen LogP contribution in [0.3, 0.4) is 0 Å². The average Bonchev–Trinajstić information content (AvgIpc) is 2.29. The van der Waals surface area contributed by atoms with Crippen molar-refractivity contribution in [3.63, 3.8) is 0 Å². The summed E-state index contributed by atoms with van der Waals surface area (Å²) in [5, 5.41) is 18.1. The summed E-state index contributed by atoms with van der Waals surface area (Å²) in [5.41, 5.74) is 0.633. The van der Waals surface area contributed by atoms with Crippen molar-refractivity contribution in [1.82, 2.24) is 0 Å². The van der Waals surface area contributed by atoms with Gasteiger partial charge in [-0.2, -0.15) is 0 Å². The molecule has 0 saturated carbocycles. The number of allylic oxidation sites excluding steroid dienone is 3. The number of carbonyl (C=O) groups excluding carboxylic acids is 2. The van der Waals surface area contributed by atoms with Crippen molar-refractivity contribution in [2.75, 3.05) is 0 Å². The largest absolute Gasteiger partial charge is 0.497 e. The number of Topliss-reactive ketones (excluding diaryl/α,β-unsaturated/α-hetero) is 2. The predicted molar refractivity (Wildman–Crippen MR) is 62.8 cm³/mol. The first-order valence-corrected chi connectivity index (χ1v) is 5.64. The summed E-state index contributed by atoms with van der Waals surface area (Å²) in [7, 11) is 0. The molecule has 1 heterocycles. The maximum atomic E-state index is 12.0. The SMILES string of the molecule is CC1=C2C(=CO[C@H](C)[C@H]2C)C(=O)C(=C(O)O)C1=O. The van der Waals surface area contributed by atoms with E-state index < -0.39 is 23.1 Å². The number of hydrogen-bond acceptors (Lipinski definition) is 5. The van der Waals surface area contributed by atoms with Crippen molar-refractivity contribution in [1.29, 1.82) is 0 Å². The minimum absolute atomic E-state index is 0.0970. The molecule has 0 saturated heterocycles. The van der Waals surface area contributed by atoms with Crippen molar-refractivity contribution in [2.24, 2.45) is 5.92 Å². The van der Waals surface area contributed by atoms with Crippen LogP contribution in [0.25, 0.3) is 0 Å². The van der Waals surface area contributed by atoms with E-state index in [1.54, 1.807) is 6.92 Å². The molecule has 0 unspecified atom stereocenters. The molecule has 5 nitrogen and oxygen atoms in total. The highest BCUT2D eigenvalue weighted by Gasteiger charge is 2.41. The molecule has 18 heavy (non-hydrogen) atoms. The van der Waals surface area contributed by atoms with Gasteiger partial charge in [0.25, 0.3) is 5.95 Å². The fourth-order valence-corrected chi connectivity index (χ4v) is 2.31. The minimum Gasteiger partial charge on any atom is -0.497 e. The molecule has 2 rings (SSSR count).